The molecule has 2 aromatic rings. The second-order valence-corrected chi connectivity index (χ2v) is 4.74. The van der Waals surface area contributed by atoms with Gasteiger partial charge in [-0.05, 0) is 32.0 Å². The van der Waals surface area contributed by atoms with Crippen LogP contribution in [0.15, 0.2) is 35.4 Å². The molecule has 1 N–H and O–H groups in total. The van der Waals surface area contributed by atoms with E-state index >= 15 is 0 Å². The van der Waals surface area contributed by atoms with Crippen molar-refractivity contribution in [1.29, 1.82) is 0 Å². The van der Waals surface area contributed by atoms with E-state index in [1.54, 1.807) is 10.8 Å². The summed E-state index contributed by atoms with van der Waals surface area (Å²) < 4.78 is 14.6. The van der Waals surface area contributed by atoms with Crippen LogP contribution in [0.4, 0.5) is 15.9 Å². The van der Waals surface area contributed by atoms with Crippen molar-refractivity contribution in [2.24, 2.45) is 0 Å². The molecule has 0 fully saturated rings. The summed E-state index contributed by atoms with van der Waals surface area (Å²) in [5, 5.41) is 2.83. The molecule has 1 aromatic heterocycles. The van der Waals surface area contributed by atoms with Crippen molar-refractivity contribution < 1.29 is 4.39 Å². The fraction of sp³-hybridized carbons (Fsp3) is 0.231. The third-order valence-corrected chi connectivity index (χ3v) is 2.90. The van der Waals surface area contributed by atoms with Gasteiger partial charge >= 0.3 is 0 Å². The Balaban J connectivity index is 2.36. The summed E-state index contributed by atoms with van der Waals surface area (Å²) in [6.07, 6.45) is 3.16. The van der Waals surface area contributed by atoms with Crippen molar-refractivity contribution in [3.8, 4) is 0 Å². The van der Waals surface area contributed by atoms with Gasteiger partial charge in [0.15, 0.2) is 5.82 Å². The van der Waals surface area contributed by atoms with Crippen LogP contribution in [0, 0.1) is 5.82 Å². The van der Waals surface area contributed by atoms with Gasteiger partial charge in [-0.15, -0.1) is 0 Å². The molecule has 1 aromatic carbocycles. The van der Waals surface area contributed by atoms with Gasteiger partial charge in [0.2, 0.25) is 0 Å². The van der Waals surface area contributed by atoms with Crippen LogP contribution in [-0.2, 0) is 0 Å². The van der Waals surface area contributed by atoms with Gasteiger partial charge < -0.3 is 9.88 Å². The maximum absolute atomic E-state index is 13.0. The van der Waals surface area contributed by atoms with Gasteiger partial charge in [0.05, 0.1) is 5.02 Å². The molecule has 0 aliphatic heterocycles. The highest BCUT2D eigenvalue weighted by Crippen LogP contribution is 2.20. The molecular weight excluding hydrogens is 269 g/mol. The summed E-state index contributed by atoms with van der Waals surface area (Å²) in [5.41, 5.74) is 0.274. The van der Waals surface area contributed by atoms with Gasteiger partial charge in [-0.2, -0.15) is 0 Å². The van der Waals surface area contributed by atoms with Gasteiger partial charge in [-0.25, -0.2) is 9.37 Å². The Hall–Kier alpha value is -1.88. The molecule has 0 radical (unpaired) electrons. The predicted molar refractivity (Wildman–Crippen MR) is 73.6 cm³/mol. The molecular formula is C13H13ClFN3O. The Labute approximate surface area is 114 Å². The van der Waals surface area contributed by atoms with Gasteiger partial charge in [0.25, 0.3) is 5.56 Å². The molecule has 0 amide bonds. The number of nitrogens with zero attached hydrogens (tertiary/aromatic N) is 2. The van der Waals surface area contributed by atoms with Crippen molar-refractivity contribution in [2.45, 2.75) is 19.9 Å². The Morgan fingerprint density at radius 2 is 2.16 bits per heavy atom. The number of halogens is 2. The van der Waals surface area contributed by atoms with E-state index in [4.69, 9.17) is 11.6 Å². The molecule has 0 aliphatic rings. The van der Waals surface area contributed by atoms with E-state index in [-0.39, 0.29) is 22.4 Å². The van der Waals surface area contributed by atoms with Crippen molar-refractivity contribution in [3.05, 3.63) is 51.8 Å². The fourth-order valence-corrected chi connectivity index (χ4v) is 1.81. The molecule has 0 aliphatic carbocycles. The van der Waals surface area contributed by atoms with E-state index in [9.17, 15) is 9.18 Å². The second-order valence-electron chi connectivity index (χ2n) is 4.34. The lowest BCUT2D eigenvalue weighted by Gasteiger charge is -2.11. The minimum Gasteiger partial charge on any atom is -0.336 e. The van der Waals surface area contributed by atoms with Crippen LogP contribution in [0.5, 0.6) is 0 Å². The fourth-order valence-electron chi connectivity index (χ4n) is 1.63. The molecule has 0 atom stereocenters. The quantitative estimate of drug-likeness (QED) is 0.938. The first-order chi connectivity index (χ1) is 8.99. The summed E-state index contributed by atoms with van der Waals surface area (Å²) in [6, 6.07) is 4.17. The molecule has 19 heavy (non-hydrogen) atoms. The maximum Gasteiger partial charge on any atom is 0.293 e. The Bertz CT molecular complexity index is 655. The van der Waals surface area contributed by atoms with Gasteiger partial charge in [0.1, 0.15) is 5.82 Å². The summed E-state index contributed by atoms with van der Waals surface area (Å²) in [6.45, 7) is 3.81. The van der Waals surface area contributed by atoms with Gasteiger partial charge in [-0.3, -0.25) is 4.79 Å². The molecule has 1 heterocycles. The van der Waals surface area contributed by atoms with Crippen LogP contribution in [-0.4, -0.2) is 9.55 Å². The zero-order valence-corrected chi connectivity index (χ0v) is 11.3. The summed E-state index contributed by atoms with van der Waals surface area (Å²) in [7, 11) is 0. The lowest BCUT2D eigenvalue weighted by atomic mass is 10.3. The van der Waals surface area contributed by atoms with Crippen molar-refractivity contribution in [3.63, 3.8) is 0 Å². The molecule has 4 nitrogen and oxygen atoms in total. The molecule has 0 spiro atoms. The summed E-state index contributed by atoms with van der Waals surface area (Å²) >= 11 is 5.68. The first-order valence-corrected chi connectivity index (χ1v) is 6.16. The van der Waals surface area contributed by atoms with Crippen LogP contribution in [0.1, 0.15) is 19.9 Å². The number of benzene rings is 1. The minimum absolute atomic E-state index is 0.00915. The van der Waals surface area contributed by atoms with Crippen molar-refractivity contribution in [2.75, 3.05) is 5.32 Å². The van der Waals surface area contributed by atoms with Crippen molar-refractivity contribution in [1.82, 2.24) is 9.55 Å². The standard InChI is InChI=1S/C13H13ClFN3O/c1-8(2)18-6-5-16-12(13(18)19)17-9-3-4-11(15)10(14)7-9/h3-8H,1-2H3,(H,16,17). The van der Waals surface area contributed by atoms with Crippen LogP contribution in [0.25, 0.3) is 0 Å². The lowest BCUT2D eigenvalue weighted by molar-refractivity contribution is 0.576. The monoisotopic (exact) mass is 281 g/mol. The first kappa shape index (κ1) is 13.5. The molecule has 100 valence electrons. The van der Waals surface area contributed by atoms with E-state index in [0.717, 1.165) is 0 Å². The molecule has 0 unspecified atom stereocenters. The smallest absolute Gasteiger partial charge is 0.293 e. The van der Waals surface area contributed by atoms with E-state index in [1.807, 2.05) is 13.8 Å². The Kier molecular flexibility index (Phi) is 3.85. The third kappa shape index (κ3) is 2.93. The maximum atomic E-state index is 13.0. The summed E-state index contributed by atoms with van der Waals surface area (Å²) in [5.74, 6) is -0.327. The average molecular weight is 282 g/mol. The zero-order chi connectivity index (χ0) is 14.0. The van der Waals surface area contributed by atoms with Crippen LogP contribution in [0.2, 0.25) is 5.02 Å². The highest BCUT2D eigenvalue weighted by atomic mass is 35.5. The van der Waals surface area contributed by atoms with E-state index < -0.39 is 5.82 Å². The van der Waals surface area contributed by atoms with E-state index in [1.165, 1.54) is 24.4 Å². The number of anilines is 2. The highest BCUT2D eigenvalue weighted by molar-refractivity contribution is 6.31. The number of hydrogen-bond acceptors (Lipinski definition) is 3. The third-order valence-electron chi connectivity index (χ3n) is 2.61. The predicted octanol–water partition coefficient (Wildman–Crippen LogP) is 3.36. The molecule has 0 saturated heterocycles. The topological polar surface area (TPSA) is 46.9 Å². The van der Waals surface area contributed by atoms with Crippen LogP contribution in [0.3, 0.4) is 0 Å². The van der Waals surface area contributed by atoms with Crippen LogP contribution < -0.4 is 10.9 Å². The average Bonchev–Trinajstić information content (AvgIpc) is 2.36. The molecule has 2 rings (SSSR count). The number of hydrogen-bond donors (Lipinski definition) is 1. The SMILES string of the molecule is CC(C)n1ccnc(Nc2ccc(F)c(Cl)c2)c1=O. The largest absolute Gasteiger partial charge is 0.336 e. The number of rotatable bonds is 3. The number of nitrogens with one attached hydrogen (secondary N) is 1. The Morgan fingerprint density at radius 1 is 1.42 bits per heavy atom. The normalized spacial score (nSPS) is 10.8. The minimum atomic E-state index is -0.507. The Morgan fingerprint density at radius 3 is 2.79 bits per heavy atom. The molecule has 0 bridgehead atoms. The van der Waals surface area contributed by atoms with Gasteiger partial charge in [-0.1, -0.05) is 11.6 Å². The highest BCUT2D eigenvalue weighted by Gasteiger charge is 2.08. The molecule has 0 saturated carbocycles. The van der Waals surface area contributed by atoms with Crippen LogP contribution >= 0.6 is 11.6 Å². The number of aromatic nitrogens is 2. The van der Waals surface area contributed by atoms with Gasteiger partial charge in [0, 0.05) is 24.1 Å². The van der Waals surface area contributed by atoms with E-state index in [0.29, 0.717) is 5.69 Å². The second kappa shape index (κ2) is 5.40. The first-order valence-electron chi connectivity index (χ1n) is 5.78. The zero-order valence-electron chi connectivity index (χ0n) is 10.5. The summed E-state index contributed by atoms with van der Waals surface area (Å²) in [4.78, 5) is 16.1. The lowest BCUT2D eigenvalue weighted by Crippen LogP contribution is -2.24. The molecule has 6 heteroatoms. The van der Waals surface area contributed by atoms with Crippen molar-refractivity contribution >= 4 is 23.1 Å². The van der Waals surface area contributed by atoms with E-state index in [2.05, 4.69) is 10.3 Å².